The summed E-state index contributed by atoms with van der Waals surface area (Å²) in [5, 5.41) is 0. The van der Waals surface area contributed by atoms with E-state index >= 15 is 0 Å². The third-order valence-corrected chi connectivity index (χ3v) is 1.69. The van der Waals surface area contributed by atoms with Gasteiger partial charge in [-0.05, 0) is 20.1 Å². The van der Waals surface area contributed by atoms with Gasteiger partial charge in [-0.25, -0.2) is 0 Å². The van der Waals surface area contributed by atoms with Crippen molar-refractivity contribution in [2.75, 3.05) is 12.0 Å². The van der Waals surface area contributed by atoms with E-state index in [0.29, 0.717) is 5.75 Å². The summed E-state index contributed by atoms with van der Waals surface area (Å²) in [6.45, 7) is 3.62. The molecule has 66 valence electrons. The molecule has 0 saturated heterocycles. The molecule has 3 nitrogen and oxygen atoms in total. The number of hydrogen-bond acceptors (Lipinski definition) is 4. The van der Waals surface area contributed by atoms with Crippen LogP contribution in [0.25, 0.3) is 0 Å². The fraction of sp³-hybridized carbons (Fsp3) is 0.857. The number of nitrogens with two attached hydrogens (primary N) is 1. The van der Waals surface area contributed by atoms with Gasteiger partial charge in [-0.3, -0.25) is 4.79 Å². The van der Waals surface area contributed by atoms with Crippen molar-refractivity contribution in [3.05, 3.63) is 0 Å². The Morgan fingerprint density at radius 3 is 2.55 bits per heavy atom. The van der Waals surface area contributed by atoms with Gasteiger partial charge in [0, 0.05) is 5.75 Å². The minimum absolute atomic E-state index is 0.0737. The third kappa shape index (κ3) is 5.09. The lowest BCUT2D eigenvalue weighted by molar-refractivity contribution is -0.148. The monoisotopic (exact) mass is 177 g/mol. The van der Waals surface area contributed by atoms with E-state index in [1.807, 2.05) is 20.1 Å². The number of esters is 1. The van der Waals surface area contributed by atoms with Crippen molar-refractivity contribution in [2.45, 2.75) is 26.0 Å². The fourth-order valence-electron chi connectivity index (χ4n) is 0.567. The molecule has 1 atom stereocenters. The van der Waals surface area contributed by atoms with Gasteiger partial charge in [-0.15, -0.1) is 0 Å². The summed E-state index contributed by atoms with van der Waals surface area (Å²) in [5.41, 5.74) is 5.48. The van der Waals surface area contributed by atoms with E-state index < -0.39 is 6.04 Å². The minimum Gasteiger partial charge on any atom is -0.462 e. The number of thioether (sulfide) groups is 1. The molecule has 11 heavy (non-hydrogen) atoms. The first-order chi connectivity index (χ1) is 5.07. The fourth-order valence-corrected chi connectivity index (χ4v) is 1.06. The van der Waals surface area contributed by atoms with Gasteiger partial charge in [-0.2, -0.15) is 11.8 Å². The van der Waals surface area contributed by atoms with Crippen LogP contribution in [0.15, 0.2) is 0 Å². The van der Waals surface area contributed by atoms with E-state index in [4.69, 9.17) is 10.5 Å². The van der Waals surface area contributed by atoms with Crippen LogP contribution in [0, 0.1) is 0 Å². The SMILES string of the molecule is CSCC(N)C(=O)OC(C)C. The summed E-state index contributed by atoms with van der Waals surface area (Å²) < 4.78 is 4.89. The maximum Gasteiger partial charge on any atom is 0.324 e. The highest BCUT2D eigenvalue weighted by Gasteiger charge is 2.14. The Balaban J connectivity index is 3.64. The summed E-state index contributed by atoms with van der Waals surface area (Å²) in [4.78, 5) is 11.0. The van der Waals surface area contributed by atoms with Crippen molar-refractivity contribution in [1.29, 1.82) is 0 Å². The van der Waals surface area contributed by atoms with Gasteiger partial charge in [0.25, 0.3) is 0 Å². The normalized spacial score (nSPS) is 13.2. The molecule has 0 aromatic carbocycles. The first-order valence-electron chi connectivity index (χ1n) is 3.53. The van der Waals surface area contributed by atoms with Gasteiger partial charge in [-0.1, -0.05) is 0 Å². The second-order valence-corrected chi connectivity index (χ2v) is 3.46. The highest BCUT2D eigenvalue weighted by molar-refractivity contribution is 7.98. The number of rotatable bonds is 4. The van der Waals surface area contributed by atoms with Crippen molar-refractivity contribution in [1.82, 2.24) is 0 Å². The van der Waals surface area contributed by atoms with Crippen LogP contribution in [0.2, 0.25) is 0 Å². The van der Waals surface area contributed by atoms with Crippen LogP contribution in [0.5, 0.6) is 0 Å². The smallest absolute Gasteiger partial charge is 0.324 e. The van der Waals surface area contributed by atoms with Crippen molar-refractivity contribution in [2.24, 2.45) is 5.73 Å². The Morgan fingerprint density at radius 1 is 1.64 bits per heavy atom. The molecule has 0 aliphatic carbocycles. The lowest BCUT2D eigenvalue weighted by Gasteiger charge is -2.12. The van der Waals surface area contributed by atoms with E-state index in [1.165, 1.54) is 11.8 Å². The van der Waals surface area contributed by atoms with Crippen LogP contribution < -0.4 is 5.73 Å². The highest BCUT2D eigenvalue weighted by Crippen LogP contribution is 1.98. The molecule has 0 radical (unpaired) electrons. The summed E-state index contributed by atoms with van der Waals surface area (Å²) in [6, 6.07) is -0.479. The van der Waals surface area contributed by atoms with Crippen LogP contribution in [0.4, 0.5) is 0 Å². The average Bonchev–Trinajstić information content (AvgIpc) is 1.86. The molecule has 0 aliphatic rings. The average molecular weight is 177 g/mol. The topological polar surface area (TPSA) is 52.3 Å². The molecule has 0 aromatic rings. The Bertz CT molecular complexity index is 128. The molecule has 0 saturated carbocycles. The van der Waals surface area contributed by atoms with Crippen LogP contribution >= 0.6 is 11.8 Å². The summed E-state index contributed by atoms with van der Waals surface area (Å²) in [5.74, 6) is 0.306. The molecular weight excluding hydrogens is 162 g/mol. The Kier molecular flexibility index (Phi) is 5.32. The maximum absolute atomic E-state index is 11.0. The second-order valence-electron chi connectivity index (χ2n) is 2.55. The van der Waals surface area contributed by atoms with E-state index in [0.717, 1.165) is 0 Å². The summed E-state index contributed by atoms with van der Waals surface area (Å²) in [7, 11) is 0. The molecule has 2 N–H and O–H groups in total. The van der Waals surface area contributed by atoms with E-state index in [1.54, 1.807) is 0 Å². The van der Waals surface area contributed by atoms with Gasteiger partial charge < -0.3 is 10.5 Å². The van der Waals surface area contributed by atoms with Crippen LogP contribution in [0.3, 0.4) is 0 Å². The number of ether oxygens (including phenoxy) is 1. The lowest BCUT2D eigenvalue weighted by Crippen LogP contribution is -2.35. The molecule has 0 bridgehead atoms. The van der Waals surface area contributed by atoms with E-state index in [9.17, 15) is 4.79 Å². The summed E-state index contributed by atoms with van der Waals surface area (Å²) in [6.07, 6.45) is 1.83. The van der Waals surface area contributed by atoms with Crippen LogP contribution in [-0.4, -0.2) is 30.1 Å². The third-order valence-electron chi connectivity index (χ3n) is 1.00. The Morgan fingerprint density at radius 2 is 2.18 bits per heavy atom. The standard InChI is InChI=1S/C7H15NO2S/c1-5(2)10-7(9)6(8)4-11-3/h5-6H,4,8H2,1-3H3. The maximum atomic E-state index is 11.0. The Labute approximate surface area is 71.7 Å². The van der Waals surface area contributed by atoms with Gasteiger partial charge in [0.05, 0.1) is 6.10 Å². The molecule has 0 rings (SSSR count). The largest absolute Gasteiger partial charge is 0.462 e. The predicted molar refractivity (Wildman–Crippen MR) is 47.6 cm³/mol. The number of hydrogen-bond donors (Lipinski definition) is 1. The quantitative estimate of drug-likeness (QED) is 0.640. The first-order valence-corrected chi connectivity index (χ1v) is 4.92. The van der Waals surface area contributed by atoms with Crippen molar-refractivity contribution < 1.29 is 9.53 Å². The molecule has 4 heteroatoms. The minimum atomic E-state index is -0.479. The molecule has 1 unspecified atom stereocenters. The zero-order valence-corrected chi connectivity index (χ0v) is 7.98. The highest BCUT2D eigenvalue weighted by atomic mass is 32.2. The van der Waals surface area contributed by atoms with Gasteiger partial charge in [0.2, 0.25) is 0 Å². The van der Waals surface area contributed by atoms with Gasteiger partial charge in [0.1, 0.15) is 6.04 Å². The predicted octanol–water partition coefficient (Wildman–Crippen LogP) is 0.628. The molecule has 0 spiro atoms. The molecule has 0 fully saturated rings. The van der Waals surface area contributed by atoms with Crippen molar-refractivity contribution in [3.63, 3.8) is 0 Å². The zero-order valence-electron chi connectivity index (χ0n) is 7.16. The van der Waals surface area contributed by atoms with E-state index in [-0.39, 0.29) is 12.1 Å². The van der Waals surface area contributed by atoms with Crippen molar-refractivity contribution in [3.8, 4) is 0 Å². The number of carbonyl (C=O) groups excluding carboxylic acids is 1. The zero-order chi connectivity index (χ0) is 8.85. The number of carbonyl (C=O) groups is 1. The Hall–Kier alpha value is -0.220. The summed E-state index contributed by atoms with van der Waals surface area (Å²) >= 11 is 1.54. The lowest BCUT2D eigenvalue weighted by atomic mass is 10.3. The first kappa shape index (κ1) is 10.8. The molecule has 0 amide bonds. The molecular formula is C7H15NO2S. The molecule has 0 heterocycles. The molecule has 0 aliphatic heterocycles. The molecule has 0 aromatic heterocycles. The van der Waals surface area contributed by atoms with Gasteiger partial charge in [0.15, 0.2) is 0 Å². The van der Waals surface area contributed by atoms with Gasteiger partial charge >= 0.3 is 5.97 Å². The van der Waals surface area contributed by atoms with E-state index in [2.05, 4.69) is 0 Å². The van der Waals surface area contributed by atoms with Crippen LogP contribution in [0.1, 0.15) is 13.8 Å². The van der Waals surface area contributed by atoms with Crippen molar-refractivity contribution >= 4 is 17.7 Å². The van der Waals surface area contributed by atoms with Crippen LogP contribution in [-0.2, 0) is 9.53 Å². The second kappa shape index (κ2) is 5.43.